The first-order chi connectivity index (χ1) is 12.0. The molecular weight excluding hydrogens is 338 g/mol. The lowest BCUT2D eigenvalue weighted by Crippen LogP contribution is -2.38. The summed E-state index contributed by atoms with van der Waals surface area (Å²) in [4.78, 5) is 12.5. The third-order valence-electron chi connectivity index (χ3n) is 5.24. The molecule has 1 aromatic rings. The van der Waals surface area contributed by atoms with Gasteiger partial charge in [0.2, 0.25) is 15.9 Å². The van der Waals surface area contributed by atoms with Crippen molar-refractivity contribution in [3.63, 3.8) is 0 Å². The van der Waals surface area contributed by atoms with Crippen LogP contribution in [0, 0.1) is 0 Å². The molecule has 1 saturated carbocycles. The zero-order valence-electron chi connectivity index (χ0n) is 14.7. The van der Waals surface area contributed by atoms with Crippen molar-refractivity contribution in [3.8, 4) is 0 Å². The fourth-order valence-corrected chi connectivity index (χ4v) is 5.14. The van der Waals surface area contributed by atoms with Crippen LogP contribution in [0.4, 0.5) is 5.69 Å². The van der Waals surface area contributed by atoms with E-state index in [0.717, 1.165) is 45.1 Å². The molecule has 3 rings (SSSR count). The Bertz CT molecular complexity index is 708. The van der Waals surface area contributed by atoms with Gasteiger partial charge in [0.1, 0.15) is 0 Å². The van der Waals surface area contributed by atoms with Crippen LogP contribution >= 0.6 is 0 Å². The Morgan fingerprint density at radius 1 is 1.16 bits per heavy atom. The molecule has 0 radical (unpaired) electrons. The molecule has 1 saturated heterocycles. The van der Waals surface area contributed by atoms with Gasteiger partial charge in [-0.25, -0.2) is 8.42 Å². The van der Waals surface area contributed by atoms with E-state index < -0.39 is 10.0 Å². The Morgan fingerprint density at radius 2 is 1.92 bits per heavy atom. The highest BCUT2D eigenvalue weighted by atomic mass is 32.2. The summed E-state index contributed by atoms with van der Waals surface area (Å²) in [7, 11) is -1.88. The van der Waals surface area contributed by atoms with Crippen molar-refractivity contribution >= 4 is 21.6 Å². The number of nitrogens with zero attached hydrogens (tertiary/aromatic N) is 1. The van der Waals surface area contributed by atoms with Crippen molar-refractivity contribution in [2.24, 2.45) is 0 Å². The van der Waals surface area contributed by atoms with E-state index in [0.29, 0.717) is 5.69 Å². The van der Waals surface area contributed by atoms with E-state index >= 15 is 0 Å². The number of anilines is 1. The summed E-state index contributed by atoms with van der Waals surface area (Å²) in [6, 6.07) is 6.44. The molecule has 2 fully saturated rings. The average molecular weight is 365 g/mol. The number of carbonyl (C=O) groups excluding carboxylic acids is 1. The van der Waals surface area contributed by atoms with E-state index in [1.165, 1.54) is 10.7 Å². The van der Waals surface area contributed by atoms with Crippen LogP contribution in [0.5, 0.6) is 0 Å². The summed E-state index contributed by atoms with van der Waals surface area (Å²) < 4.78 is 27.4. The zero-order chi connectivity index (χ0) is 17.9. The Morgan fingerprint density at radius 3 is 2.60 bits per heavy atom. The zero-order valence-corrected chi connectivity index (χ0v) is 15.5. The lowest BCUT2D eigenvalue weighted by molar-refractivity contribution is -0.117. The molecule has 0 aromatic heterocycles. The Hall–Kier alpha value is -1.44. The van der Waals surface area contributed by atoms with Crippen LogP contribution < -0.4 is 10.6 Å². The van der Waals surface area contributed by atoms with Gasteiger partial charge >= 0.3 is 0 Å². The molecule has 1 atom stereocenters. The number of amides is 1. The minimum atomic E-state index is -3.55. The van der Waals surface area contributed by atoms with Crippen molar-refractivity contribution in [3.05, 3.63) is 24.3 Å². The molecule has 7 heteroatoms. The number of carbonyl (C=O) groups is 1. The SMILES string of the molecule is CN(C1CCCCC1)S(=O)(=O)c1cccc(NC(=O)C2CCCN2)c1. The maximum atomic E-state index is 12.9. The highest BCUT2D eigenvalue weighted by molar-refractivity contribution is 7.89. The van der Waals surface area contributed by atoms with Crippen LogP contribution in [0.2, 0.25) is 0 Å². The van der Waals surface area contributed by atoms with Gasteiger partial charge in [-0.15, -0.1) is 0 Å². The highest BCUT2D eigenvalue weighted by Crippen LogP contribution is 2.27. The second-order valence-corrected chi connectivity index (χ2v) is 8.98. The van der Waals surface area contributed by atoms with E-state index in [4.69, 9.17) is 0 Å². The molecule has 1 unspecified atom stereocenters. The van der Waals surface area contributed by atoms with E-state index in [1.54, 1.807) is 31.3 Å². The predicted octanol–water partition coefficient (Wildman–Crippen LogP) is 2.33. The van der Waals surface area contributed by atoms with Gasteiger partial charge in [0.25, 0.3) is 0 Å². The summed E-state index contributed by atoms with van der Waals surface area (Å²) >= 11 is 0. The van der Waals surface area contributed by atoms with Gasteiger partial charge in [0, 0.05) is 18.8 Å². The summed E-state index contributed by atoms with van der Waals surface area (Å²) in [5, 5.41) is 5.97. The maximum Gasteiger partial charge on any atom is 0.243 e. The lowest BCUT2D eigenvalue weighted by Gasteiger charge is -2.30. The monoisotopic (exact) mass is 365 g/mol. The molecule has 25 heavy (non-hydrogen) atoms. The number of nitrogens with one attached hydrogen (secondary N) is 2. The third-order valence-corrected chi connectivity index (χ3v) is 7.15. The van der Waals surface area contributed by atoms with Gasteiger partial charge in [-0.05, 0) is 50.4 Å². The molecule has 1 aromatic carbocycles. The summed E-state index contributed by atoms with van der Waals surface area (Å²) in [6.45, 7) is 0.846. The Balaban J connectivity index is 1.74. The fourth-order valence-electron chi connectivity index (χ4n) is 3.68. The largest absolute Gasteiger partial charge is 0.325 e. The standard InChI is InChI=1S/C18H27N3O3S/c1-21(15-8-3-2-4-9-15)25(23,24)16-10-5-7-14(13-16)20-18(22)17-11-6-12-19-17/h5,7,10,13,15,17,19H,2-4,6,8-9,11-12H2,1H3,(H,20,22). The topological polar surface area (TPSA) is 78.5 Å². The van der Waals surface area contributed by atoms with Gasteiger partial charge in [-0.1, -0.05) is 25.3 Å². The van der Waals surface area contributed by atoms with Crippen molar-refractivity contribution in [1.82, 2.24) is 9.62 Å². The summed E-state index contributed by atoms with van der Waals surface area (Å²) in [5.41, 5.74) is 0.525. The molecule has 1 amide bonds. The number of hydrogen-bond acceptors (Lipinski definition) is 4. The second-order valence-electron chi connectivity index (χ2n) is 6.98. The minimum absolute atomic E-state index is 0.0692. The second kappa shape index (κ2) is 7.85. The predicted molar refractivity (Wildman–Crippen MR) is 97.9 cm³/mol. The molecule has 6 nitrogen and oxygen atoms in total. The van der Waals surface area contributed by atoms with Gasteiger partial charge in [-0.3, -0.25) is 4.79 Å². The molecular formula is C18H27N3O3S. The van der Waals surface area contributed by atoms with Crippen molar-refractivity contribution in [1.29, 1.82) is 0 Å². The first-order valence-electron chi connectivity index (χ1n) is 9.11. The maximum absolute atomic E-state index is 12.9. The summed E-state index contributed by atoms with van der Waals surface area (Å²) in [6.07, 6.45) is 6.97. The third kappa shape index (κ3) is 4.22. The molecule has 0 bridgehead atoms. The quantitative estimate of drug-likeness (QED) is 0.839. The van der Waals surface area contributed by atoms with Crippen LogP contribution in [0.25, 0.3) is 0 Å². The van der Waals surface area contributed by atoms with Crippen molar-refractivity contribution < 1.29 is 13.2 Å². The molecule has 138 valence electrons. The van der Waals surface area contributed by atoms with Crippen molar-refractivity contribution in [2.45, 2.75) is 61.9 Å². The van der Waals surface area contributed by atoms with E-state index in [1.807, 2.05) is 0 Å². The van der Waals surface area contributed by atoms with E-state index in [2.05, 4.69) is 10.6 Å². The molecule has 1 heterocycles. The number of sulfonamides is 1. The lowest BCUT2D eigenvalue weighted by atomic mass is 9.96. The number of benzene rings is 1. The van der Waals surface area contributed by atoms with Crippen LogP contribution in [0.3, 0.4) is 0 Å². The van der Waals surface area contributed by atoms with Gasteiger partial charge < -0.3 is 10.6 Å². The van der Waals surface area contributed by atoms with Crippen molar-refractivity contribution in [2.75, 3.05) is 18.9 Å². The van der Waals surface area contributed by atoms with Gasteiger partial charge in [0.05, 0.1) is 10.9 Å². The molecule has 1 aliphatic heterocycles. The number of rotatable bonds is 5. The smallest absolute Gasteiger partial charge is 0.243 e. The minimum Gasteiger partial charge on any atom is -0.325 e. The van der Waals surface area contributed by atoms with Crippen LogP contribution in [0.15, 0.2) is 29.2 Å². The van der Waals surface area contributed by atoms with E-state index in [-0.39, 0.29) is 22.9 Å². The Labute approximate surface area is 150 Å². The van der Waals surface area contributed by atoms with E-state index in [9.17, 15) is 13.2 Å². The van der Waals surface area contributed by atoms with Crippen LogP contribution in [0.1, 0.15) is 44.9 Å². The average Bonchev–Trinajstić information content (AvgIpc) is 3.17. The Kier molecular flexibility index (Phi) is 5.76. The molecule has 0 spiro atoms. The molecule has 2 N–H and O–H groups in total. The molecule has 2 aliphatic rings. The van der Waals surface area contributed by atoms with Gasteiger partial charge in [-0.2, -0.15) is 4.31 Å². The highest BCUT2D eigenvalue weighted by Gasteiger charge is 2.29. The first-order valence-corrected chi connectivity index (χ1v) is 10.5. The first kappa shape index (κ1) is 18.4. The fraction of sp³-hybridized carbons (Fsp3) is 0.611. The summed E-state index contributed by atoms with van der Waals surface area (Å²) in [5.74, 6) is -0.104. The number of hydrogen-bond donors (Lipinski definition) is 2. The normalized spacial score (nSPS) is 22.2. The van der Waals surface area contributed by atoms with Gasteiger partial charge in [0.15, 0.2) is 0 Å². The van der Waals surface area contributed by atoms with Crippen LogP contribution in [-0.2, 0) is 14.8 Å². The van der Waals surface area contributed by atoms with Crippen LogP contribution in [-0.4, -0.2) is 44.3 Å². The molecule has 1 aliphatic carbocycles.